The van der Waals surface area contributed by atoms with E-state index in [2.05, 4.69) is 29.9 Å². The Morgan fingerprint density at radius 1 is 1.21 bits per heavy atom. The Hall–Kier alpha value is -1.18. The van der Waals surface area contributed by atoms with Crippen LogP contribution in [-0.2, 0) is 0 Å². The minimum atomic E-state index is 0.430. The Labute approximate surface area is 85.1 Å². The van der Waals surface area contributed by atoms with Gasteiger partial charge in [-0.25, -0.2) is 9.97 Å². The van der Waals surface area contributed by atoms with Crippen molar-refractivity contribution in [2.24, 2.45) is 5.41 Å². The molecule has 1 aliphatic rings. The van der Waals surface area contributed by atoms with Gasteiger partial charge in [-0.2, -0.15) is 0 Å². The summed E-state index contributed by atoms with van der Waals surface area (Å²) in [6.45, 7) is 4.65. The molecule has 1 aromatic heterocycles. The summed E-state index contributed by atoms with van der Waals surface area (Å²) >= 11 is 0. The zero-order valence-electron chi connectivity index (χ0n) is 8.83. The first-order chi connectivity index (χ1) is 6.67. The van der Waals surface area contributed by atoms with Crippen LogP contribution >= 0.6 is 0 Å². The van der Waals surface area contributed by atoms with Crippen molar-refractivity contribution >= 4 is 5.57 Å². The summed E-state index contributed by atoms with van der Waals surface area (Å²) < 4.78 is 0. The number of aromatic nitrogens is 2. The fourth-order valence-corrected chi connectivity index (χ4v) is 2.00. The normalized spacial score (nSPS) is 20.3. The van der Waals surface area contributed by atoms with Gasteiger partial charge in [0.1, 0.15) is 6.33 Å². The number of hydrogen-bond acceptors (Lipinski definition) is 2. The van der Waals surface area contributed by atoms with Gasteiger partial charge in [0.25, 0.3) is 0 Å². The summed E-state index contributed by atoms with van der Waals surface area (Å²) in [6.07, 6.45) is 11.3. The molecule has 0 atom stereocenters. The minimum Gasteiger partial charge on any atom is -0.244 e. The van der Waals surface area contributed by atoms with Gasteiger partial charge in [-0.1, -0.05) is 19.9 Å². The molecule has 0 fully saturated rings. The molecule has 0 radical (unpaired) electrons. The smallest absolute Gasteiger partial charge is 0.115 e. The van der Waals surface area contributed by atoms with Gasteiger partial charge >= 0.3 is 0 Å². The third-order valence-corrected chi connectivity index (χ3v) is 2.81. The molecule has 1 aliphatic carbocycles. The van der Waals surface area contributed by atoms with E-state index in [4.69, 9.17) is 0 Å². The van der Waals surface area contributed by atoms with Gasteiger partial charge in [0, 0.05) is 18.0 Å². The van der Waals surface area contributed by atoms with E-state index in [1.165, 1.54) is 24.0 Å². The van der Waals surface area contributed by atoms with Gasteiger partial charge in [0.05, 0.1) is 0 Å². The number of allylic oxidation sites excluding steroid dienone is 2. The largest absolute Gasteiger partial charge is 0.244 e. The van der Waals surface area contributed by atoms with Crippen LogP contribution in [0.2, 0.25) is 0 Å². The molecule has 0 amide bonds. The summed E-state index contributed by atoms with van der Waals surface area (Å²) in [5.74, 6) is 0. The Kier molecular flexibility index (Phi) is 2.36. The average Bonchev–Trinajstić information content (AvgIpc) is 2.18. The maximum absolute atomic E-state index is 4.06. The fourth-order valence-electron chi connectivity index (χ4n) is 2.00. The molecule has 0 unspecified atom stereocenters. The topological polar surface area (TPSA) is 25.8 Å². The third kappa shape index (κ3) is 2.00. The zero-order chi connectivity index (χ0) is 10.0. The van der Waals surface area contributed by atoms with Crippen molar-refractivity contribution in [3.63, 3.8) is 0 Å². The molecule has 1 aromatic rings. The molecule has 0 saturated carbocycles. The van der Waals surface area contributed by atoms with E-state index in [-0.39, 0.29) is 0 Å². The van der Waals surface area contributed by atoms with Crippen LogP contribution < -0.4 is 0 Å². The molecular formula is C12H16N2. The van der Waals surface area contributed by atoms with Crippen LogP contribution in [0.3, 0.4) is 0 Å². The van der Waals surface area contributed by atoms with Crippen molar-refractivity contribution in [2.45, 2.75) is 33.1 Å². The van der Waals surface area contributed by atoms with Gasteiger partial charge in [0.2, 0.25) is 0 Å². The van der Waals surface area contributed by atoms with Crippen molar-refractivity contribution in [3.8, 4) is 0 Å². The van der Waals surface area contributed by atoms with E-state index in [1.54, 1.807) is 6.33 Å². The lowest BCUT2D eigenvalue weighted by atomic mass is 9.76. The Morgan fingerprint density at radius 3 is 2.57 bits per heavy atom. The molecule has 0 spiro atoms. The molecule has 0 N–H and O–H groups in total. The van der Waals surface area contributed by atoms with E-state index in [9.17, 15) is 0 Å². The summed E-state index contributed by atoms with van der Waals surface area (Å²) in [4.78, 5) is 8.11. The molecule has 1 heterocycles. The average molecular weight is 188 g/mol. The van der Waals surface area contributed by atoms with E-state index in [0.29, 0.717) is 5.41 Å². The molecule has 14 heavy (non-hydrogen) atoms. The summed E-state index contributed by atoms with van der Waals surface area (Å²) in [6, 6.07) is 0. The summed E-state index contributed by atoms with van der Waals surface area (Å²) in [7, 11) is 0. The van der Waals surface area contributed by atoms with Crippen LogP contribution in [0.4, 0.5) is 0 Å². The summed E-state index contributed by atoms with van der Waals surface area (Å²) in [5.41, 5.74) is 3.02. The van der Waals surface area contributed by atoms with Crippen molar-refractivity contribution in [3.05, 3.63) is 30.4 Å². The number of hydrogen-bond donors (Lipinski definition) is 0. The first kappa shape index (κ1) is 9.38. The third-order valence-electron chi connectivity index (χ3n) is 2.81. The Bertz CT molecular complexity index is 339. The Morgan fingerprint density at radius 2 is 1.93 bits per heavy atom. The molecule has 0 aliphatic heterocycles. The van der Waals surface area contributed by atoms with Gasteiger partial charge < -0.3 is 0 Å². The molecule has 0 bridgehead atoms. The van der Waals surface area contributed by atoms with Gasteiger partial charge in [0.15, 0.2) is 0 Å². The van der Waals surface area contributed by atoms with Gasteiger partial charge in [-0.15, -0.1) is 0 Å². The molecular weight excluding hydrogens is 172 g/mol. The molecule has 2 rings (SSSR count). The second kappa shape index (κ2) is 3.52. The van der Waals surface area contributed by atoms with Crippen LogP contribution in [0.15, 0.2) is 24.8 Å². The lowest BCUT2D eigenvalue weighted by Crippen LogP contribution is -2.15. The quantitative estimate of drug-likeness (QED) is 0.677. The van der Waals surface area contributed by atoms with Crippen LogP contribution in [0.1, 0.15) is 38.7 Å². The zero-order valence-corrected chi connectivity index (χ0v) is 8.83. The van der Waals surface area contributed by atoms with E-state index < -0.39 is 0 Å². The van der Waals surface area contributed by atoms with Crippen molar-refractivity contribution in [1.29, 1.82) is 0 Å². The van der Waals surface area contributed by atoms with Gasteiger partial charge in [-0.3, -0.25) is 0 Å². The minimum absolute atomic E-state index is 0.430. The van der Waals surface area contributed by atoms with Crippen LogP contribution in [0, 0.1) is 5.41 Å². The van der Waals surface area contributed by atoms with Crippen molar-refractivity contribution in [2.75, 3.05) is 0 Å². The standard InChI is InChI=1S/C12H16N2/c1-12(2)5-3-4-10(6-12)11-7-13-9-14-8-11/h4,7-9H,3,5-6H2,1-2H3. The SMILES string of the molecule is CC1(C)CCC=C(c2cncnc2)C1. The van der Waals surface area contributed by atoms with Crippen LogP contribution in [0.5, 0.6) is 0 Å². The number of nitrogens with zero attached hydrogens (tertiary/aromatic N) is 2. The highest BCUT2D eigenvalue weighted by molar-refractivity contribution is 5.65. The second-order valence-corrected chi connectivity index (χ2v) is 4.74. The van der Waals surface area contributed by atoms with Crippen molar-refractivity contribution < 1.29 is 0 Å². The van der Waals surface area contributed by atoms with E-state index >= 15 is 0 Å². The molecule has 0 saturated heterocycles. The predicted octanol–water partition coefficient (Wildman–Crippen LogP) is 3.07. The summed E-state index contributed by atoms with van der Waals surface area (Å²) in [5, 5.41) is 0. The maximum atomic E-state index is 4.06. The van der Waals surface area contributed by atoms with Gasteiger partial charge in [-0.05, 0) is 30.3 Å². The first-order valence-electron chi connectivity index (χ1n) is 5.12. The monoisotopic (exact) mass is 188 g/mol. The Balaban J connectivity index is 2.24. The van der Waals surface area contributed by atoms with Crippen LogP contribution in [0.25, 0.3) is 5.57 Å². The highest BCUT2D eigenvalue weighted by atomic mass is 14.8. The fraction of sp³-hybridized carbons (Fsp3) is 0.500. The number of rotatable bonds is 1. The van der Waals surface area contributed by atoms with Crippen LogP contribution in [-0.4, -0.2) is 9.97 Å². The molecule has 0 aromatic carbocycles. The first-order valence-corrected chi connectivity index (χ1v) is 5.12. The van der Waals surface area contributed by atoms with Crippen molar-refractivity contribution in [1.82, 2.24) is 9.97 Å². The lowest BCUT2D eigenvalue weighted by Gasteiger charge is -2.29. The lowest BCUT2D eigenvalue weighted by molar-refractivity contribution is 0.338. The molecule has 2 nitrogen and oxygen atoms in total. The van der Waals surface area contributed by atoms with E-state index in [1.807, 2.05) is 12.4 Å². The maximum Gasteiger partial charge on any atom is 0.115 e. The molecule has 2 heteroatoms. The second-order valence-electron chi connectivity index (χ2n) is 4.74. The van der Waals surface area contributed by atoms with E-state index in [0.717, 1.165) is 6.42 Å². The molecule has 74 valence electrons. The predicted molar refractivity (Wildman–Crippen MR) is 57.6 cm³/mol. The highest BCUT2D eigenvalue weighted by Gasteiger charge is 2.23. The highest BCUT2D eigenvalue weighted by Crippen LogP contribution is 2.38.